The van der Waals surface area contributed by atoms with E-state index in [1.165, 1.54) is 0 Å². The predicted octanol–water partition coefficient (Wildman–Crippen LogP) is 3.29. The van der Waals surface area contributed by atoms with Gasteiger partial charge in [-0.2, -0.15) is 10.2 Å². The highest BCUT2D eigenvalue weighted by molar-refractivity contribution is 5.60. The molecule has 0 saturated heterocycles. The molecular formula is C16H12N4O. The molecule has 5 nitrogen and oxygen atoms in total. The molecule has 0 amide bonds. The van der Waals surface area contributed by atoms with Crippen molar-refractivity contribution in [3.05, 3.63) is 53.2 Å². The van der Waals surface area contributed by atoms with E-state index >= 15 is 0 Å². The summed E-state index contributed by atoms with van der Waals surface area (Å²) in [6.45, 7) is 3.94. The quantitative estimate of drug-likeness (QED) is 0.717. The van der Waals surface area contributed by atoms with Crippen LogP contribution in [0, 0.1) is 25.2 Å². The van der Waals surface area contributed by atoms with Gasteiger partial charge in [0.25, 0.3) is 5.89 Å². The van der Waals surface area contributed by atoms with Crippen LogP contribution < -0.4 is 0 Å². The lowest BCUT2D eigenvalue weighted by Crippen LogP contribution is -1.91. The van der Waals surface area contributed by atoms with Crippen LogP contribution in [0.15, 0.2) is 41.1 Å². The van der Waals surface area contributed by atoms with Gasteiger partial charge in [-0.1, -0.05) is 17.3 Å². The molecule has 0 unspecified atom stereocenters. The van der Waals surface area contributed by atoms with Gasteiger partial charge < -0.3 is 4.52 Å². The molecule has 2 heterocycles. The van der Waals surface area contributed by atoms with Gasteiger partial charge in [0.1, 0.15) is 5.69 Å². The number of nitriles is 1. The topological polar surface area (TPSA) is 75.6 Å². The van der Waals surface area contributed by atoms with E-state index in [-0.39, 0.29) is 0 Å². The molecule has 21 heavy (non-hydrogen) atoms. The van der Waals surface area contributed by atoms with Crippen molar-refractivity contribution in [1.29, 1.82) is 5.26 Å². The highest BCUT2D eigenvalue weighted by atomic mass is 16.5. The summed E-state index contributed by atoms with van der Waals surface area (Å²) in [5.41, 5.74) is 4.05. The number of rotatable bonds is 2. The van der Waals surface area contributed by atoms with Crippen molar-refractivity contribution in [1.82, 2.24) is 15.1 Å². The molecular weight excluding hydrogens is 264 g/mol. The second-order valence-corrected chi connectivity index (χ2v) is 4.79. The van der Waals surface area contributed by atoms with E-state index < -0.39 is 0 Å². The molecule has 0 bridgehead atoms. The van der Waals surface area contributed by atoms with Crippen LogP contribution in [0.5, 0.6) is 0 Å². The largest absolute Gasteiger partial charge is 0.334 e. The molecule has 2 aromatic heterocycles. The predicted molar refractivity (Wildman–Crippen MR) is 77.2 cm³/mol. The summed E-state index contributed by atoms with van der Waals surface area (Å²) in [6.07, 6.45) is 1.77. The number of hydrogen-bond acceptors (Lipinski definition) is 5. The van der Waals surface area contributed by atoms with E-state index in [9.17, 15) is 0 Å². The lowest BCUT2D eigenvalue weighted by Gasteiger charge is -2.00. The molecule has 5 heteroatoms. The van der Waals surface area contributed by atoms with Gasteiger partial charge in [-0.25, -0.2) is 0 Å². The maximum absolute atomic E-state index is 8.93. The number of aryl methyl sites for hydroxylation is 2. The van der Waals surface area contributed by atoms with Crippen molar-refractivity contribution in [3.8, 4) is 29.0 Å². The monoisotopic (exact) mass is 276 g/mol. The highest BCUT2D eigenvalue weighted by Gasteiger charge is 2.13. The zero-order valence-electron chi connectivity index (χ0n) is 11.7. The Balaban J connectivity index is 2.02. The molecule has 0 fully saturated rings. The average Bonchev–Trinajstić information content (AvgIpc) is 2.97. The van der Waals surface area contributed by atoms with Crippen molar-refractivity contribution >= 4 is 0 Å². The van der Waals surface area contributed by atoms with E-state index in [2.05, 4.69) is 21.2 Å². The number of nitrogens with zero attached hydrogens (tertiary/aromatic N) is 4. The summed E-state index contributed by atoms with van der Waals surface area (Å²) in [5.74, 6) is 0.828. The van der Waals surface area contributed by atoms with Crippen LogP contribution >= 0.6 is 0 Å². The van der Waals surface area contributed by atoms with Crippen molar-refractivity contribution in [2.24, 2.45) is 0 Å². The first-order valence-corrected chi connectivity index (χ1v) is 6.45. The maximum Gasteiger partial charge on any atom is 0.258 e. The Hall–Kier alpha value is -3.00. The van der Waals surface area contributed by atoms with Crippen molar-refractivity contribution < 1.29 is 4.52 Å². The van der Waals surface area contributed by atoms with Gasteiger partial charge in [0.05, 0.1) is 11.6 Å². The molecule has 0 aliphatic rings. The van der Waals surface area contributed by atoms with Gasteiger partial charge in [0, 0.05) is 11.8 Å². The fraction of sp³-hybridized carbons (Fsp3) is 0.125. The van der Waals surface area contributed by atoms with Crippen molar-refractivity contribution in [3.63, 3.8) is 0 Å². The van der Waals surface area contributed by atoms with Crippen LogP contribution in [0.25, 0.3) is 23.0 Å². The van der Waals surface area contributed by atoms with Gasteiger partial charge in [-0.3, -0.25) is 4.98 Å². The summed E-state index contributed by atoms with van der Waals surface area (Å²) < 4.78 is 5.28. The fourth-order valence-corrected chi connectivity index (χ4v) is 2.11. The van der Waals surface area contributed by atoms with Crippen LogP contribution in [0.2, 0.25) is 0 Å². The summed E-state index contributed by atoms with van der Waals surface area (Å²) in [4.78, 5) is 8.72. The lowest BCUT2D eigenvalue weighted by molar-refractivity contribution is 0.432. The van der Waals surface area contributed by atoms with E-state index in [0.29, 0.717) is 23.0 Å². The van der Waals surface area contributed by atoms with E-state index in [1.54, 1.807) is 24.4 Å². The van der Waals surface area contributed by atoms with Crippen molar-refractivity contribution in [2.45, 2.75) is 13.8 Å². The molecule has 0 aliphatic carbocycles. The third-order valence-corrected chi connectivity index (χ3v) is 3.09. The first-order chi connectivity index (χ1) is 10.2. The van der Waals surface area contributed by atoms with E-state index in [0.717, 1.165) is 16.7 Å². The Labute approximate surface area is 121 Å². The minimum atomic E-state index is 0.379. The Kier molecular flexibility index (Phi) is 3.20. The van der Waals surface area contributed by atoms with Gasteiger partial charge in [-0.15, -0.1) is 0 Å². The molecule has 0 spiro atoms. The third kappa shape index (κ3) is 2.51. The summed E-state index contributed by atoms with van der Waals surface area (Å²) in [6, 6.07) is 11.2. The van der Waals surface area contributed by atoms with Gasteiger partial charge >= 0.3 is 0 Å². The second kappa shape index (κ2) is 5.17. The molecule has 102 valence electrons. The number of aromatic nitrogens is 3. The average molecular weight is 276 g/mol. The molecule has 3 aromatic rings. The first-order valence-electron chi connectivity index (χ1n) is 6.45. The maximum atomic E-state index is 8.93. The second-order valence-electron chi connectivity index (χ2n) is 4.79. The first kappa shape index (κ1) is 13.0. The van der Waals surface area contributed by atoms with E-state index in [4.69, 9.17) is 9.78 Å². The van der Waals surface area contributed by atoms with Crippen LogP contribution in [0.3, 0.4) is 0 Å². The van der Waals surface area contributed by atoms with Crippen LogP contribution in [-0.2, 0) is 0 Å². The van der Waals surface area contributed by atoms with Gasteiger partial charge in [0.15, 0.2) is 0 Å². The molecule has 0 radical (unpaired) electrons. The molecule has 0 atom stereocenters. The third-order valence-electron chi connectivity index (χ3n) is 3.09. The number of pyridine rings is 1. The lowest BCUT2D eigenvalue weighted by atomic mass is 10.1. The summed E-state index contributed by atoms with van der Waals surface area (Å²) in [7, 11) is 0. The smallest absolute Gasteiger partial charge is 0.258 e. The SMILES string of the molecule is Cc1cnc(-c2noc(-c3cccc(C#N)c3)n2)c(C)c1. The van der Waals surface area contributed by atoms with Crippen molar-refractivity contribution in [2.75, 3.05) is 0 Å². The highest BCUT2D eigenvalue weighted by Crippen LogP contribution is 2.23. The van der Waals surface area contributed by atoms with Crippen LogP contribution in [-0.4, -0.2) is 15.1 Å². The van der Waals surface area contributed by atoms with Crippen LogP contribution in [0.4, 0.5) is 0 Å². The van der Waals surface area contributed by atoms with Gasteiger partial charge in [0.2, 0.25) is 5.82 Å². The van der Waals surface area contributed by atoms with Gasteiger partial charge in [-0.05, 0) is 43.2 Å². The molecule has 0 saturated carbocycles. The zero-order chi connectivity index (χ0) is 14.8. The normalized spacial score (nSPS) is 10.3. The van der Waals surface area contributed by atoms with E-state index in [1.807, 2.05) is 26.0 Å². The Morgan fingerprint density at radius 3 is 2.81 bits per heavy atom. The number of hydrogen-bond donors (Lipinski definition) is 0. The Morgan fingerprint density at radius 2 is 2.05 bits per heavy atom. The zero-order valence-corrected chi connectivity index (χ0v) is 11.7. The fourth-order valence-electron chi connectivity index (χ4n) is 2.11. The van der Waals surface area contributed by atoms with Crippen LogP contribution in [0.1, 0.15) is 16.7 Å². The molecule has 0 aliphatic heterocycles. The molecule has 0 N–H and O–H groups in total. The molecule has 3 rings (SSSR count). The minimum Gasteiger partial charge on any atom is -0.334 e. The Morgan fingerprint density at radius 1 is 1.19 bits per heavy atom. The molecule has 1 aromatic carbocycles. The number of benzene rings is 1. The standard InChI is InChI=1S/C16H12N4O/c1-10-6-11(2)14(18-9-10)15-19-16(21-20-15)13-5-3-4-12(7-13)8-17/h3-7,9H,1-2H3. The minimum absolute atomic E-state index is 0.379. The summed E-state index contributed by atoms with van der Waals surface area (Å²) >= 11 is 0. The summed E-state index contributed by atoms with van der Waals surface area (Å²) in [5, 5.41) is 12.9. The Bertz CT molecular complexity index is 845.